The molecular formula is C18H34IN7. The monoisotopic (exact) mass is 475 g/mol. The van der Waals surface area contributed by atoms with Crippen molar-refractivity contribution >= 4 is 29.9 Å². The van der Waals surface area contributed by atoms with Gasteiger partial charge in [-0.1, -0.05) is 19.3 Å². The molecule has 0 radical (unpaired) electrons. The van der Waals surface area contributed by atoms with E-state index >= 15 is 0 Å². The Morgan fingerprint density at radius 3 is 2.69 bits per heavy atom. The number of rotatable bonds is 6. The summed E-state index contributed by atoms with van der Waals surface area (Å²) in [4.78, 5) is 11.3. The average molecular weight is 475 g/mol. The number of aromatic nitrogens is 3. The van der Waals surface area contributed by atoms with Crippen LogP contribution < -0.4 is 10.6 Å². The van der Waals surface area contributed by atoms with E-state index in [1.54, 1.807) is 11.0 Å². The fraction of sp³-hybridized carbons (Fsp3) is 0.833. The average Bonchev–Trinajstić information content (AvgIpc) is 3.25. The molecule has 1 unspecified atom stereocenters. The molecule has 1 aromatic rings. The van der Waals surface area contributed by atoms with E-state index in [9.17, 15) is 0 Å². The first-order chi connectivity index (χ1) is 12.3. The van der Waals surface area contributed by atoms with E-state index in [0.29, 0.717) is 12.6 Å². The molecule has 0 aromatic carbocycles. The van der Waals surface area contributed by atoms with Gasteiger partial charge in [-0.3, -0.25) is 14.6 Å². The van der Waals surface area contributed by atoms with Crippen molar-refractivity contribution in [2.45, 2.75) is 57.5 Å². The Balaban J connectivity index is 0.00000243. The van der Waals surface area contributed by atoms with Gasteiger partial charge in [-0.05, 0) is 38.1 Å². The topological polar surface area (TPSA) is 70.4 Å². The number of likely N-dealkylation sites (tertiary alicyclic amines) is 1. The van der Waals surface area contributed by atoms with E-state index in [1.165, 1.54) is 58.0 Å². The third kappa shape index (κ3) is 6.07. The maximum absolute atomic E-state index is 4.34. The van der Waals surface area contributed by atoms with Crippen molar-refractivity contribution in [2.24, 2.45) is 18.0 Å². The second-order valence-electron chi connectivity index (χ2n) is 7.40. The third-order valence-electron chi connectivity index (χ3n) is 5.66. The molecule has 0 bridgehead atoms. The van der Waals surface area contributed by atoms with Crippen LogP contribution in [0.5, 0.6) is 0 Å². The van der Waals surface area contributed by atoms with Gasteiger partial charge >= 0.3 is 0 Å². The van der Waals surface area contributed by atoms with Gasteiger partial charge in [0.2, 0.25) is 0 Å². The van der Waals surface area contributed by atoms with Crippen LogP contribution in [0.4, 0.5) is 0 Å². The molecule has 8 heteroatoms. The van der Waals surface area contributed by atoms with E-state index in [4.69, 9.17) is 0 Å². The van der Waals surface area contributed by atoms with Crippen molar-refractivity contribution < 1.29 is 0 Å². The molecule has 3 rings (SSSR count). The number of guanidine groups is 1. The number of aryl methyl sites for hydroxylation is 1. The highest BCUT2D eigenvalue weighted by molar-refractivity contribution is 14.0. The molecule has 1 saturated heterocycles. The highest BCUT2D eigenvalue weighted by Crippen LogP contribution is 2.27. The molecule has 1 aromatic heterocycles. The van der Waals surface area contributed by atoms with Crippen molar-refractivity contribution in [3.8, 4) is 0 Å². The standard InChI is InChI=1S/C18H33N7.HI/c1-19-18(21-12-17-22-14-23-24(17)2)20-11-16-9-6-10-25(16)13-15-7-4-3-5-8-15;/h14-16H,3-13H2,1-2H3,(H2,19,20,21);1H. The quantitative estimate of drug-likeness (QED) is 0.375. The second kappa shape index (κ2) is 11.1. The number of hydrogen-bond acceptors (Lipinski definition) is 4. The molecule has 0 amide bonds. The normalized spacial score (nSPS) is 22.2. The summed E-state index contributed by atoms with van der Waals surface area (Å²) in [7, 11) is 3.72. The lowest BCUT2D eigenvalue weighted by Gasteiger charge is -2.31. The van der Waals surface area contributed by atoms with Crippen molar-refractivity contribution in [2.75, 3.05) is 26.7 Å². The Labute approximate surface area is 174 Å². The van der Waals surface area contributed by atoms with E-state index in [2.05, 4.69) is 30.6 Å². The molecule has 2 N–H and O–H groups in total. The Hall–Kier alpha value is -0.900. The predicted octanol–water partition coefficient (Wildman–Crippen LogP) is 2.14. The fourth-order valence-electron chi connectivity index (χ4n) is 4.15. The summed E-state index contributed by atoms with van der Waals surface area (Å²) in [6.07, 6.45) is 11.4. The molecule has 2 fully saturated rings. The van der Waals surface area contributed by atoms with Gasteiger partial charge in [-0.15, -0.1) is 24.0 Å². The van der Waals surface area contributed by atoms with Crippen molar-refractivity contribution in [1.29, 1.82) is 0 Å². The predicted molar refractivity (Wildman–Crippen MR) is 116 cm³/mol. The molecule has 7 nitrogen and oxygen atoms in total. The summed E-state index contributed by atoms with van der Waals surface area (Å²) in [6.45, 7) is 4.14. The number of nitrogens with zero attached hydrogens (tertiary/aromatic N) is 5. The summed E-state index contributed by atoms with van der Waals surface area (Å²) in [5, 5.41) is 10.9. The second-order valence-corrected chi connectivity index (χ2v) is 7.40. The first-order valence-electron chi connectivity index (χ1n) is 9.77. The number of aliphatic imine (C=N–C) groups is 1. The van der Waals surface area contributed by atoms with E-state index in [-0.39, 0.29) is 24.0 Å². The Morgan fingerprint density at radius 2 is 2.00 bits per heavy atom. The van der Waals surface area contributed by atoms with Gasteiger partial charge in [-0.25, -0.2) is 4.98 Å². The highest BCUT2D eigenvalue weighted by Gasteiger charge is 2.27. The Bertz CT molecular complexity index is 553. The summed E-state index contributed by atoms with van der Waals surface area (Å²) in [5.74, 6) is 2.66. The van der Waals surface area contributed by atoms with Crippen LogP contribution in [-0.2, 0) is 13.6 Å². The Kier molecular flexibility index (Phi) is 9.10. The zero-order chi connectivity index (χ0) is 17.5. The minimum absolute atomic E-state index is 0. The number of hydrogen-bond donors (Lipinski definition) is 2. The van der Waals surface area contributed by atoms with E-state index in [0.717, 1.165) is 24.2 Å². The van der Waals surface area contributed by atoms with Gasteiger partial charge < -0.3 is 10.6 Å². The summed E-state index contributed by atoms with van der Waals surface area (Å²) < 4.78 is 1.78. The van der Waals surface area contributed by atoms with Crippen LogP contribution >= 0.6 is 24.0 Å². The largest absolute Gasteiger partial charge is 0.355 e. The first-order valence-corrected chi connectivity index (χ1v) is 9.77. The minimum Gasteiger partial charge on any atom is -0.355 e. The maximum atomic E-state index is 4.34. The van der Waals surface area contributed by atoms with Crippen LogP contribution in [0.25, 0.3) is 0 Å². The highest BCUT2D eigenvalue weighted by atomic mass is 127. The fourth-order valence-corrected chi connectivity index (χ4v) is 4.15. The van der Waals surface area contributed by atoms with Crippen LogP contribution in [0.2, 0.25) is 0 Å². The zero-order valence-corrected chi connectivity index (χ0v) is 18.5. The molecule has 148 valence electrons. The van der Waals surface area contributed by atoms with Crippen LogP contribution in [-0.4, -0.2) is 58.3 Å². The van der Waals surface area contributed by atoms with E-state index in [1.807, 2.05) is 14.1 Å². The molecule has 1 aliphatic carbocycles. The lowest BCUT2D eigenvalue weighted by molar-refractivity contribution is 0.188. The summed E-state index contributed by atoms with van der Waals surface area (Å²) in [5.41, 5.74) is 0. The van der Waals surface area contributed by atoms with Gasteiger partial charge in [0.15, 0.2) is 5.96 Å². The molecule has 26 heavy (non-hydrogen) atoms. The van der Waals surface area contributed by atoms with Crippen molar-refractivity contribution in [1.82, 2.24) is 30.3 Å². The number of nitrogens with one attached hydrogen (secondary N) is 2. The molecular weight excluding hydrogens is 441 g/mol. The molecule has 1 aliphatic heterocycles. The van der Waals surface area contributed by atoms with Crippen LogP contribution in [0, 0.1) is 5.92 Å². The van der Waals surface area contributed by atoms with Crippen LogP contribution in [0.1, 0.15) is 50.8 Å². The van der Waals surface area contributed by atoms with Gasteiger partial charge in [0, 0.05) is 33.2 Å². The molecule has 2 aliphatic rings. The summed E-state index contributed by atoms with van der Waals surface area (Å²) in [6, 6.07) is 0.635. The number of halogens is 1. The maximum Gasteiger partial charge on any atom is 0.191 e. The first kappa shape index (κ1) is 21.4. The SMILES string of the molecule is CN=C(NCc1ncnn1C)NCC1CCCN1CC1CCCCC1.I. The lowest BCUT2D eigenvalue weighted by Crippen LogP contribution is -2.46. The van der Waals surface area contributed by atoms with Crippen molar-refractivity contribution in [3.63, 3.8) is 0 Å². The van der Waals surface area contributed by atoms with E-state index < -0.39 is 0 Å². The van der Waals surface area contributed by atoms with Gasteiger partial charge in [-0.2, -0.15) is 5.10 Å². The van der Waals surface area contributed by atoms with Gasteiger partial charge in [0.05, 0.1) is 6.54 Å². The zero-order valence-electron chi connectivity index (χ0n) is 16.2. The van der Waals surface area contributed by atoms with Crippen LogP contribution in [0.15, 0.2) is 11.3 Å². The summed E-state index contributed by atoms with van der Waals surface area (Å²) >= 11 is 0. The minimum atomic E-state index is 0. The van der Waals surface area contributed by atoms with Gasteiger partial charge in [0.25, 0.3) is 0 Å². The molecule has 0 spiro atoms. The van der Waals surface area contributed by atoms with Crippen LogP contribution in [0.3, 0.4) is 0 Å². The molecule has 1 atom stereocenters. The van der Waals surface area contributed by atoms with Crippen molar-refractivity contribution in [3.05, 3.63) is 12.2 Å². The lowest BCUT2D eigenvalue weighted by atomic mass is 9.89. The van der Waals surface area contributed by atoms with Gasteiger partial charge in [0.1, 0.15) is 12.2 Å². The molecule has 1 saturated carbocycles. The third-order valence-corrected chi connectivity index (χ3v) is 5.66. The molecule has 2 heterocycles. The smallest absolute Gasteiger partial charge is 0.191 e. The Morgan fingerprint density at radius 1 is 1.19 bits per heavy atom.